The summed E-state index contributed by atoms with van der Waals surface area (Å²) >= 11 is 0. The predicted molar refractivity (Wildman–Crippen MR) is 89.6 cm³/mol. The third kappa shape index (κ3) is 3.29. The number of carbonyl (C=O) groups is 4. The quantitative estimate of drug-likeness (QED) is 0.773. The molecule has 0 bridgehead atoms. The second-order valence-electron chi connectivity index (χ2n) is 7.01. The van der Waals surface area contributed by atoms with Gasteiger partial charge >= 0.3 is 6.03 Å². The first-order chi connectivity index (χ1) is 12.3. The van der Waals surface area contributed by atoms with Crippen molar-refractivity contribution < 1.29 is 23.6 Å². The standard InChI is InChI=1S/C17H22N4O5/c1-11-5-7-17(8-6-11)15(24)21(16(25)18-17)19-13(22)10-20(2)14(23)12-4-3-9-26-12/h3-4,9,11H,5-8,10H2,1-2H3,(H,18,25)(H,19,22). The Balaban J connectivity index is 1.60. The van der Waals surface area contributed by atoms with Gasteiger partial charge in [-0.2, -0.15) is 5.01 Å². The van der Waals surface area contributed by atoms with E-state index in [0.29, 0.717) is 18.8 Å². The van der Waals surface area contributed by atoms with Crippen molar-refractivity contribution in [3.8, 4) is 0 Å². The van der Waals surface area contributed by atoms with Crippen molar-refractivity contribution in [3.63, 3.8) is 0 Å². The van der Waals surface area contributed by atoms with Crippen LogP contribution in [0.25, 0.3) is 0 Å². The highest BCUT2D eigenvalue weighted by Gasteiger charge is 2.52. The molecule has 3 rings (SSSR count). The van der Waals surface area contributed by atoms with Crippen molar-refractivity contribution in [3.05, 3.63) is 24.2 Å². The fraction of sp³-hybridized carbons (Fsp3) is 0.529. The van der Waals surface area contributed by atoms with E-state index in [1.165, 1.54) is 19.4 Å². The van der Waals surface area contributed by atoms with Crippen LogP contribution in [0.2, 0.25) is 0 Å². The van der Waals surface area contributed by atoms with Crippen molar-refractivity contribution in [1.82, 2.24) is 20.7 Å². The maximum Gasteiger partial charge on any atom is 0.344 e. The minimum Gasteiger partial charge on any atom is -0.459 e. The monoisotopic (exact) mass is 362 g/mol. The van der Waals surface area contributed by atoms with E-state index in [4.69, 9.17) is 4.42 Å². The number of hydrazine groups is 1. The second kappa shape index (κ2) is 6.81. The normalized spacial score (nSPS) is 25.3. The molecule has 9 nitrogen and oxygen atoms in total. The first kappa shape index (κ1) is 18.0. The van der Waals surface area contributed by atoms with Crippen LogP contribution in [-0.2, 0) is 9.59 Å². The number of nitrogens with zero attached hydrogens (tertiary/aromatic N) is 2. The highest BCUT2D eigenvalue weighted by molar-refractivity contribution is 6.08. The summed E-state index contributed by atoms with van der Waals surface area (Å²) in [5, 5.41) is 3.45. The third-order valence-corrected chi connectivity index (χ3v) is 4.99. The van der Waals surface area contributed by atoms with Crippen LogP contribution in [0.15, 0.2) is 22.8 Å². The number of nitrogens with one attached hydrogen (secondary N) is 2. The number of carbonyl (C=O) groups excluding carboxylic acids is 4. The van der Waals surface area contributed by atoms with Gasteiger partial charge in [-0.15, -0.1) is 0 Å². The molecule has 0 aromatic carbocycles. The summed E-state index contributed by atoms with van der Waals surface area (Å²) < 4.78 is 5.00. The third-order valence-electron chi connectivity index (χ3n) is 4.99. The van der Waals surface area contributed by atoms with E-state index in [9.17, 15) is 19.2 Å². The zero-order valence-electron chi connectivity index (χ0n) is 14.8. The van der Waals surface area contributed by atoms with Crippen LogP contribution < -0.4 is 10.7 Å². The molecule has 0 atom stereocenters. The number of urea groups is 1. The van der Waals surface area contributed by atoms with Crippen LogP contribution >= 0.6 is 0 Å². The molecule has 26 heavy (non-hydrogen) atoms. The second-order valence-corrected chi connectivity index (χ2v) is 7.01. The molecule has 1 saturated carbocycles. The lowest BCUT2D eigenvalue weighted by molar-refractivity contribution is -0.140. The number of hydrogen-bond acceptors (Lipinski definition) is 5. The minimum absolute atomic E-state index is 0.102. The van der Waals surface area contributed by atoms with Gasteiger partial charge in [0.05, 0.1) is 6.26 Å². The van der Waals surface area contributed by atoms with Gasteiger partial charge in [0.25, 0.3) is 17.7 Å². The Labute approximate surface area is 150 Å². The highest BCUT2D eigenvalue weighted by atomic mass is 16.3. The smallest absolute Gasteiger partial charge is 0.344 e. The van der Waals surface area contributed by atoms with E-state index >= 15 is 0 Å². The van der Waals surface area contributed by atoms with E-state index in [0.717, 1.165) is 22.8 Å². The number of imide groups is 1. The van der Waals surface area contributed by atoms with Crippen LogP contribution in [0.4, 0.5) is 4.79 Å². The molecule has 0 radical (unpaired) electrons. The average Bonchev–Trinajstić information content (AvgIpc) is 3.21. The van der Waals surface area contributed by atoms with Crippen molar-refractivity contribution >= 4 is 23.8 Å². The van der Waals surface area contributed by atoms with Gasteiger partial charge in [-0.05, 0) is 43.7 Å². The van der Waals surface area contributed by atoms with Crippen LogP contribution in [-0.4, -0.2) is 52.8 Å². The van der Waals surface area contributed by atoms with E-state index in [1.807, 2.05) is 0 Å². The van der Waals surface area contributed by atoms with Gasteiger partial charge in [0.2, 0.25) is 0 Å². The Hall–Kier alpha value is -2.84. The first-order valence-corrected chi connectivity index (χ1v) is 8.57. The van der Waals surface area contributed by atoms with Gasteiger partial charge in [-0.3, -0.25) is 19.8 Å². The number of rotatable bonds is 4. The molecule has 1 aromatic rings. The Kier molecular flexibility index (Phi) is 4.71. The van der Waals surface area contributed by atoms with Gasteiger partial charge in [0.15, 0.2) is 5.76 Å². The maximum absolute atomic E-state index is 12.7. The summed E-state index contributed by atoms with van der Waals surface area (Å²) in [6, 6.07) is 2.42. The van der Waals surface area contributed by atoms with E-state index in [1.54, 1.807) is 6.07 Å². The molecule has 140 valence electrons. The Bertz CT molecular complexity index is 722. The summed E-state index contributed by atoms with van der Waals surface area (Å²) in [5.41, 5.74) is 1.38. The molecule has 2 fully saturated rings. The van der Waals surface area contributed by atoms with Crippen LogP contribution in [0.1, 0.15) is 43.2 Å². The summed E-state index contributed by atoms with van der Waals surface area (Å²) in [6.07, 6.45) is 4.16. The fourth-order valence-electron chi connectivity index (χ4n) is 3.35. The zero-order valence-corrected chi connectivity index (χ0v) is 14.8. The number of likely N-dealkylation sites (N-methyl/N-ethyl adjacent to an activating group) is 1. The van der Waals surface area contributed by atoms with E-state index in [2.05, 4.69) is 17.7 Å². The lowest BCUT2D eigenvalue weighted by Gasteiger charge is -2.33. The molecular formula is C17H22N4O5. The van der Waals surface area contributed by atoms with Gasteiger partial charge in [0.1, 0.15) is 12.1 Å². The van der Waals surface area contributed by atoms with Gasteiger partial charge in [-0.1, -0.05) is 6.92 Å². The summed E-state index contributed by atoms with van der Waals surface area (Å²) in [6.45, 7) is 1.79. The van der Waals surface area contributed by atoms with Crippen molar-refractivity contribution in [1.29, 1.82) is 0 Å². The van der Waals surface area contributed by atoms with Crippen LogP contribution in [0.5, 0.6) is 0 Å². The summed E-state index contributed by atoms with van der Waals surface area (Å²) in [4.78, 5) is 50.2. The molecule has 1 aliphatic heterocycles. The Morgan fingerprint density at radius 1 is 1.38 bits per heavy atom. The van der Waals surface area contributed by atoms with Gasteiger partial charge < -0.3 is 14.6 Å². The molecule has 1 aromatic heterocycles. The molecule has 1 spiro atoms. The molecule has 2 heterocycles. The Morgan fingerprint density at radius 3 is 2.69 bits per heavy atom. The van der Waals surface area contributed by atoms with Gasteiger partial charge in [-0.25, -0.2) is 4.79 Å². The SMILES string of the molecule is CC1CCC2(CC1)NC(=O)N(NC(=O)CN(C)C(=O)c1ccco1)C2=O. The molecule has 1 aliphatic carbocycles. The molecule has 2 N–H and O–H groups in total. The highest BCUT2D eigenvalue weighted by Crippen LogP contribution is 2.35. The predicted octanol–water partition coefficient (Wildman–Crippen LogP) is 0.883. The number of furan rings is 1. The molecule has 0 unspecified atom stereocenters. The molecule has 5 amide bonds. The Morgan fingerprint density at radius 2 is 2.08 bits per heavy atom. The summed E-state index contributed by atoms with van der Waals surface area (Å²) in [7, 11) is 1.43. The first-order valence-electron chi connectivity index (χ1n) is 8.57. The topological polar surface area (TPSA) is 112 Å². The maximum atomic E-state index is 12.7. The summed E-state index contributed by atoms with van der Waals surface area (Å²) in [5.74, 6) is -0.944. The lowest BCUT2D eigenvalue weighted by Crippen LogP contribution is -2.53. The largest absolute Gasteiger partial charge is 0.459 e. The van der Waals surface area contributed by atoms with Crippen LogP contribution in [0.3, 0.4) is 0 Å². The number of amides is 5. The van der Waals surface area contributed by atoms with E-state index in [-0.39, 0.29) is 12.3 Å². The molecule has 1 saturated heterocycles. The van der Waals surface area contributed by atoms with Crippen molar-refractivity contribution in [2.45, 2.75) is 38.1 Å². The van der Waals surface area contributed by atoms with Crippen LogP contribution in [0, 0.1) is 5.92 Å². The fourth-order valence-corrected chi connectivity index (χ4v) is 3.35. The molecule has 9 heteroatoms. The van der Waals surface area contributed by atoms with Crippen molar-refractivity contribution in [2.75, 3.05) is 13.6 Å². The lowest BCUT2D eigenvalue weighted by atomic mass is 9.77. The number of hydrogen-bond donors (Lipinski definition) is 2. The molecular weight excluding hydrogens is 340 g/mol. The minimum atomic E-state index is -0.924. The molecule has 2 aliphatic rings. The van der Waals surface area contributed by atoms with Crippen molar-refractivity contribution in [2.24, 2.45) is 5.92 Å². The van der Waals surface area contributed by atoms with Gasteiger partial charge in [0, 0.05) is 7.05 Å². The van der Waals surface area contributed by atoms with E-state index < -0.39 is 29.3 Å². The average molecular weight is 362 g/mol. The zero-order chi connectivity index (χ0) is 18.9.